The van der Waals surface area contributed by atoms with Crippen molar-refractivity contribution >= 4 is 12.6 Å². The van der Waals surface area contributed by atoms with E-state index < -0.39 is 0 Å². The van der Waals surface area contributed by atoms with Gasteiger partial charge in [0.15, 0.2) is 0 Å². The average Bonchev–Trinajstić information content (AvgIpc) is 2.22. The normalized spacial score (nSPS) is 17.9. The van der Waals surface area contributed by atoms with Crippen LogP contribution in [0.2, 0.25) is 0 Å². The Labute approximate surface area is 104 Å². The highest BCUT2D eigenvalue weighted by atomic mass is 32.1. The summed E-state index contributed by atoms with van der Waals surface area (Å²) in [7, 11) is 0. The zero-order chi connectivity index (χ0) is 11.6. The molecule has 1 nitrogen and oxygen atoms in total. The molecule has 0 bridgehead atoms. The Bertz CT molecular complexity index is 363. The predicted molar refractivity (Wildman–Crippen MR) is 71.5 cm³/mol. The molecule has 0 saturated heterocycles. The SMILES string of the molecule is Cc1ccc(OCC2(CS)CCC2)cc1C. The number of thiol groups is 1. The molecule has 88 valence electrons. The molecule has 0 atom stereocenters. The van der Waals surface area contributed by atoms with Gasteiger partial charge in [0.2, 0.25) is 0 Å². The average molecular weight is 236 g/mol. The van der Waals surface area contributed by atoms with Crippen LogP contribution in [0.1, 0.15) is 30.4 Å². The fourth-order valence-corrected chi connectivity index (χ4v) is 2.47. The van der Waals surface area contributed by atoms with Gasteiger partial charge in [-0.15, -0.1) is 0 Å². The first-order valence-electron chi connectivity index (χ1n) is 5.96. The first-order chi connectivity index (χ1) is 7.65. The fourth-order valence-electron chi connectivity index (χ4n) is 2.06. The van der Waals surface area contributed by atoms with E-state index >= 15 is 0 Å². The summed E-state index contributed by atoms with van der Waals surface area (Å²) in [4.78, 5) is 0. The lowest BCUT2D eigenvalue weighted by atomic mass is 9.71. The van der Waals surface area contributed by atoms with Crippen LogP contribution >= 0.6 is 12.6 Å². The monoisotopic (exact) mass is 236 g/mol. The minimum Gasteiger partial charge on any atom is -0.493 e. The zero-order valence-corrected chi connectivity index (χ0v) is 11.0. The molecule has 0 aliphatic heterocycles. The van der Waals surface area contributed by atoms with Crippen molar-refractivity contribution in [3.05, 3.63) is 29.3 Å². The smallest absolute Gasteiger partial charge is 0.119 e. The van der Waals surface area contributed by atoms with E-state index in [1.54, 1.807) is 0 Å². The van der Waals surface area contributed by atoms with Crippen LogP contribution in [0.5, 0.6) is 5.75 Å². The maximum absolute atomic E-state index is 5.89. The molecule has 1 aromatic rings. The lowest BCUT2D eigenvalue weighted by Gasteiger charge is -2.40. The van der Waals surface area contributed by atoms with Gasteiger partial charge in [-0.05, 0) is 55.7 Å². The summed E-state index contributed by atoms with van der Waals surface area (Å²) >= 11 is 4.44. The van der Waals surface area contributed by atoms with Gasteiger partial charge in [0, 0.05) is 5.41 Å². The summed E-state index contributed by atoms with van der Waals surface area (Å²) in [6.07, 6.45) is 3.86. The number of hydrogen-bond acceptors (Lipinski definition) is 2. The van der Waals surface area contributed by atoms with Crippen molar-refractivity contribution in [2.75, 3.05) is 12.4 Å². The maximum Gasteiger partial charge on any atom is 0.119 e. The summed E-state index contributed by atoms with van der Waals surface area (Å²) in [5, 5.41) is 0. The lowest BCUT2D eigenvalue weighted by molar-refractivity contribution is 0.0829. The Kier molecular flexibility index (Phi) is 3.48. The maximum atomic E-state index is 5.89. The van der Waals surface area contributed by atoms with Crippen LogP contribution < -0.4 is 4.74 Å². The van der Waals surface area contributed by atoms with Gasteiger partial charge < -0.3 is 4.74 Å². The van der Waals surface area contributed by atoms with Crippen LogP contribution in [-0.4, -0.2) is 12.4 Å². The molecule has 2 rings (SSSR count). The van der Waals surface area contributed by atoms with E-state index in [1.807, 2.05) is 0 Å². The molecule has 0 spiro atoms. The van der Waals surface area contributed by atoms with Crippen LogP contribution in [0, 0.1) is 19.3 Å². The molecule has 1 aliphatic rings. The van der Waals surface area contributed by atoms with Crippen molar-refractivity contribution in [2.45, 2.75) is 33.1 Å². The second-order valence-electron chi connectivity index (χ2n) is 5.05. The topological polar surface area (TPSA) is 9.23 Å². The van der Waals surface area contributed by atoms with E-state index in [4.69, 9.17) is 4.74 Å². The van der Waals surface area contributed by atoms with Crippen molar-refractivity contribution < 1.29 is 4.74 Å². The van der Waals surface area contributed by atoms with Crippen LogP contribution in [0.15, 0.2) is 18.2 Å². The third kappa shape index (κ3) is 2.37. The first-order valence-corrected chi connectivity index (χ1v) is 6.59. The van der Waals surface area contributed by atoms with Crippen LogP contribution in [0.25, 0.3) is 0 Å². The third-order valence-corrected chi connectivity index (χ3v) is 4.44. The second-order valence-corrected chi connectivity index (χ2v) is 5.36. The molecular formula is C14H20OS. The molecule has 0 radical (unpaired) electrons. The lowest BCUT2D eigenvalue weighted by Crippen LogP contribution is -2.37. The van der Waals surface area contributed by atoms with Gasteiger partial charge in [0.25, 0.3) is 0 Å². The fraction of sp³-hybridized carbons (Fsp3) is 0.571. The molecule has 1 saturated carbocycles. The molecule has 0 unspecified atom stereocenters. The molecule has 1 aromatic carbocycles. The van der Waals surface area contributed by atoms with Crippen LogP contribution in [0.3, 0.4) is 0 Å². The number of aryl methyl sites for hydroxylation is 2. The number of ether oxygens (including phenoxy) is 1. The Morgan fingerprint density at radius 2 is 2.00 bits per heavy atom. The van der Waals surface area contributed by atoms with E-state index in [9.17, 15) is 0 Å². The summed E-state index contributed by atoms with van der Waals surface area (Å²) in [6.45, 7) is 5.07. The Balaban J connectivity index is 1.96. The van der Waals surface area contributed by atoms with E-state index in [2.05, 4.69) is 44.7 Å². The molecule has 0 heterocycles. The van der Waals surface area contributed by atoms with Crippen LogP contribution in [0.4, 0.5) is 0 Å². The van der Waals surface area contributed by atoms with Gasteiger partial charge in [0.1, 0.15) is 5.75 Å². The number of rotatable bonds is 4. The van der Waals surface area contributed by atoms with Crippen LogP contribution in [-0.2, 0) is 0 Å². The highest BCUT2D eigenvalue weighted by Gasteiger charge is 2.36. The van der Waals surface area contributed by atoms with E-state index in [0.717, 1.165) is 18.1 Å². The molecule has 0 aromatic heterocycles. The number of hydrogen-bond donors (Lipinski definition) is 1. The predicted octanol–water partition coefficient (Wildman–Crippen LogP) is 3.78. The Hall–Kier alpha value is -0.630. The molecule has 0 N–H and O–H groups in total. The van der Waals surface area contributed by atoms with E-state index in [-0.39, 0.29) is 0 Å². The van der Waals surface area contributed by atoms with Crippen molar-refractivity contribution in [3.63, 3.8) is 0 Å². The van der Waals surface area contributed by atoms with Gasteiger partial charge in [-0.1, -0.05) is 12.5 Å². The molecule has 2 heteroatoms. The Morgan fingerprint density at radius 1 is 1.25 bits per heavy atom. The van der Waals surface area contributed by atoms with Crippen molar-refractivity contribution in [1.29, 1.82) is 0 Å². The summed E-state index contributed by atoms with van der Waals surface area (Å²) in [5.74, 6) is 1.94. The Morgan fingerprint density at radius 3 is 2.50 bits per heavy atom. The van der Waals surface area contributed by atoms with Crippen molar-refractivity contribution in [2.24, 2.45) is 5.41 Å². The van der Waals surface area contributed by atoms with Gasteiger partial charge in [-0.25, -0.2) is 0 Å². The van der Waals surface area contributed by atoms with Gasteiger partial charge in [-0.3, -0.25) is 0 Å². The van der Waals surface area contributed by atoms with Crippen molar-refractivity contribution in [3.8, 4) is 5.75 Å². The van der Waals surface area contributed by atoms with Gasteiger partial charge >= 0.3 is 0 Å². The molecule has 1 fully saturated rings. The largest absolute Gasteiger partial charge is 0.493 e. The van der Waals surface area contributed by atoms with E-state index in [1.165, 1.54) is 30.4 Å². The molecule has 1 aliphatic carbocycles. The summed E-state index contributed by atoms with van der Waals surface area (Å²) in [6, 6.07) is 6.31. The summed E-state index contributed by atoms with van der Waals surface area (Å²) in [5.41, 5.74) is 2.97. The van der Waals surface area contributed by atoms with Gasteiger partial charge in [0.05, 0.1) is 6.61 Å². The molecular weight excluding hydrogens is 216 g/mol. The minimum atomic E-state index is 0.349. The zero-order valence-electron chi connectivity index (χ0n) is 10.1. The first kappa shape index (κ1) is 11.8. The standard InChI is InChI=1S/C14H20OS/c1-11-4-5-13(8-12(11)2)15-9-14(10-16)6-3-7-14/h4-5,8,16H,3,6-7,9-10H2,1-2H3. The number of benzene rings is 1. The highest BCUT2D eigenvalue weighted by Crippen LogP contribution is 2.42. The van der Waals surface area contributed by atoms with Crippen molar-refractivity contribution in [1.82, 2.24) is 0 Å². The summed E-state index contributed by atoms with van der Waals surface area (Å²) < 4.78 is 5.89. The van der Waals surface area contributed by atoms with Gasteiger partial charge in [-0.2, -0.15) is 12.6 Å². The second kappa shape index (κ2) is 4.70. The molecule has 16 heavy (non-hydrogen) atoms. The minimum absolute atomic E-state index is 0.349. The highest BCUT2D eigenvalue weighted by molar-refractivity contribution is 7.80. The quantitative estimate of drug-likeness (QED) is 0.783. The van der Waals surface area contributed by atoms with E-state index in [0.29, 0.717) is 5.41 Å². The molecule has 0 amide bonds. The third-order valence-electron chi connectivity index (χ3n) is 3.77.